The Kier molecular flexibility index (Phi) is 6.09. The van der Waals surface area contributed by atoms with Gasteiger partial charge in [-0.1, -0.05) is 12.1 Å². The minimum atomic E-state index is -0.435. The fraction of sp³-hybridized carbons (Fsp3) is 0.588. The number of likely N-dealkylation sites (tertiary alicyclic amines) is 1. The van der Waals surface area contributed by atoms with Crippen LogP contribution in [0.15, 0.2) is 24.3 Å². The highest BCUT2D eigenvalue weighted by atomic mass is 127. The van der Waals surface area contributed by atoms with Gasteiger partial charge in [0.25, 0.3) is 0 Å². The summed E-state index contributed by atoms with van der Waals surface area (Å²) in [4.78, 5) is 13.8. The molecule has 4 nitrogen and oxygen atoms in total. The second-order valence-corrected chi connectivity index (χ2v) is 7.85. The molecule has 5 heteroatoms. The Morgan fingerprint density at radius 1 is 1.23 bits per heavy atom. The van der Waals surface area contributed by atoms with Gasteiger partial charge in [0.05, 0.1) is 12.7 Å². The van der Waals surface area contributed by atoms with E-state index in [1.54, 1.807) is 4.90 Å². The number of hydrogen-bond acceptors (Lipinski definition) is 3. The molecule has 0 N–H and O–H groups in total. The molecule has 22 heavy (non-hydrogen) atoms. The largest absolute Gasteiger partial charge is 0.444 e. The fourth-order valence-corrected chi connectivity index (χ4v) is 2.69. The zero-order valence-corrected chi connectivity index (χ0v) is 15.6. The first kappa shape index (κ1) is 17.5. The molecule has 0 unspecified atom stereocenters. The van der Waals surface area contributed by atoms with Crippen molar-refractivity contribution in [1.82, 2.24) is 4.90 Å². The molecule has 0 spiro atoms. The molecule has 0 aromatic heterocycles. The van der Waals surface area contributed by atoms with E-state index in [1.165, 1.54) is 9.13 Å². The van der Waals surface area contributed by atoms with Crippen LogP contribution >= 0.6 is 22.6 Å². The topological polar surface area (TPSA) is 38.8 Å². The van der Waals surface area contributed by atoms with Crippen LogP contribution in [0.3, 0.4) is 0 Å². The summed E-state index contributed by atoms with van der Waals surface area (Å²) in [5.41, 5.74) is 0.755. The Morgan fingerprint density at radius 2 is 1.82 bits per heavy atom. The maximum absolute atomic E-state index is 12.0. The highest BCUT2D eigenvalue weighted by Gasteiger charge is 2.27. The van der Waals surface area contributed by atoms with E-state index in [0.29, 0.717) is 19.7 Å². The summed E-state index contributed by atoms with van der Waals surface area (Å²) in [7, 11) is 0. The van der Waals surface area contributed by atoms with Crippen LogP contribution in [0.25, 0.3) is 0 Å². The second kappa shape index (κ2) is 7.64. The Hall–Kier alpha value is -0.820. The average molecular weight is 417 g/mol. The number of nitrogens with zero attached hydrogens (tertiary/aromatic N) is 1. The van der Waals surface area contributed by atoms with Gasteiger partial charge in [0, 0.05) is 16.7 Å². The Morgan fingerprint density at radius 3 is 2.36 bits per heavy atom. The molecule has 1 aliphatic heterocycles. The molecule has 1 fully saturated rings. The van der Waals surface area contributed by atoms with Crippen molar-refractivity contribution in [3.05, 3.63) is 33.4 Å². The van der Waals surface area contributed by atoms with Gasteiger partial charge in [-0.05, 0) is 73.9 Å². The van der Waals surface area contributed by atoms with Gasteiger partial charge in [0.2, 0.25) is 0 Å². The van der Waals surface area contributed by atoms with Crippen molar-refractivity contribution in [2.45, 2.75) is 51.9 Å². The number of hydrogen-bond donors (Lipinski definition) is 0. The Labute approximate surface area is 146 Å². The van der Waals surface area contributed by atoms with E-state index >= 15 is 0 Å². The van der Waals surface area contributed by atoms with Crippen LogP contribution in [0.4, 0.5) is 4.79 Å². The summed E-state index contributed by atoms with van der Waals surface area (Å²) in [6.07, 6.45) is 1.73. The molecule has 1 aliphatic rings. The van der Waals surface area contributed by atoms with E-state index < -0.39 is 5.60 Å². The third kappa shape index (κ3) is 5.76. The third-order valence-corrected chi connectivity index (χ3v) is 4.21. The minimum absolute atomic E-state index is 0.219. The van der Waals surface area contributed by atoms with Crippen LogP contribution < -0.4 is 0 Å². The van der Waals surface area contributed by atoms with E-state index in [4.69, 9.17) is 9.47 Å². The third-order valence-electron chi connectivity index (χ3n) is 3.49. The number of amides is 1. The Bertz CT molecular complexity index is 488. The highest BCUT2D eigenvalue weighted by Crippen LogP contribution is 2.18. The zero-order valence-electron chi connectivity index (χ0n) is 13.5. The standard InChI is InChI=1S/C17H24INO3/c1-17(2,3)22-16(20)19-10-8-15(9-11-19)21-12-13-4-6-14(18)7-5-13/h4-7,15H,8-12H2,1-3H3. The monoisotopic (exact) mass is 417 g/mol. The lowest BCUT2D eigenvalue weighted by atomic mass is 10.1. The van der Waals surface area contributed by atoms with Crippen LogP contribution in [-0.4, -0.2) is 35.8 Å². The van der Waals surface area contributed by atoms with E-state index in [9.17, 15) is 4.79 Å². The predicted molar refractivity (Wildman–Crippen MR) is 94.8 cm³/mol. The van der Waals surface area contributed by atoms with E-state index in [2.05, 4.69) is 46.9 Å². The fourth-order valence-electron chi connectivity index (χ4n) is 2.33. The van der Waals surface area contributed by atoms with Crippen LogP contribution in [-0.2, 0) is 16.1 Å². The van der Waals surface area contributed by atoms with Gasteiger partial charge in [0.15, 0.2) is 0 Å². The minimum Gasteiger partial charge on any atom is -0.444 e. The molecule has 1 amide bonds. The summed E-state index contributed by atoms with van der Waals surface area (Å²) >= 11 is 2.30. The number of carbonyl (C=O) groups excluding carboxylic acids is 1. The molecular formula is C17H24INO3. The van der Waals surface area contributed by atoms with Crippen LogP contribution in [0.2, 0.25) is 0 Å². The van der Waals surface area contributed by atoms with Gasteiger partial charge in [-0.2, -0.15) is 0 Å². The molecule has 122 valence electrons. The molecule has 0 bridgehead atoms. The number of rotatable bonds is 3. The Balaban J connectivity index is 1.73. The predicted octanol–water partition coefficient (Wildman–Crippen LogP) is 4.21. The zero-order chi connectivity index (χ0) is 16.2. The van der Waals surface area contributed by atoms with Gasteiger partial charge in [-0.15, -0.1) is 0 Å². The molecule has 0 saturated carbocycles. The van der Waals surface area contributed by atoms with Crippen LogP contribution in [0.1, 0.15) is 39.2 Å². The van der Waals surface area contributed by atoms with Crippen molar-refractivity contribution in [2.24, 2.45) is 0 Å². The van der Waals surface area contributed by atoms with Gasteiger partial charge in [-0.3, -0.25) is 0 Å². The number of ether oxygens (including phenoxy) is 2. The van der Waals surface area contributed by atoms with E-state index in [0.717, 1.165) is 12.8 Å². The summed E-state index contributed by atoms with van der Waals surface area (Å²) in [5.74, 6) is 0. The van der Waals surface area contributed by atoms with Crippen molar-refractivity contribution in [2.75, 3.05) is 13.1 Å². The summed E-state index contributed by atoms with van der Waals surface area (Å²) in [6, 6.07) is 8.37. The normalized spacial score (nSPS) is 16.6. The molecule has 1 aromatic rings. The molecule has 0 atom stereocenters. The summed E-state index contributed by atoms with van der Waals surface area (Å²) in [6.45, 7) is 7.71. The lowest BCUT2D eigenvalue weighted by Gasteiger charge is -2.33. The number of benzene rings is 1. The summed E-state index contributed by atoms with van der Waals surface area (Å²) in [5, 5.41) is 0. The highest BCUT2D eigenvalue weighted by molar-refractivity contribution is 14.1. The molecule has 2 rings (SSSR count). The number of carbonyl (C=O) groups is 1. The van der Waals surface area contributed by atoms with E-state index in [-0.39, 0.29) is 12.2 Å². The van der Waals surface area contributed by atoms with Crippen molar-refractivity contribution < 1.29 is 14.3 Å². The maximum atomic E-state index is 12.0. The lowest BCUT2D eigenvalue weighted by molar-refractivity contribution is -0.0170. The molecule has 1 aromatic carbocycles. The van der Waals surface area contributed by atoms with Crippen molar-refractivity contribution >= 4 is 28.7 Å². The smallest absolute Gasteiger partial charge is 0.410 e. The molecule has 1 saturated heterocycles. The first-order valence-electron chi connectivity index (χ1n) is 7.67. The number of piperidine rings is 1. The van der Waals surface area contributed by atoms with E-state index in [1.807, 2.05) is 20.8 Å². The van der Waals surface area contributed by atoms with Gasteiger partial charge in [0.1, 0.15) is 5.60 Å². The average Bonchev–Trinajstić information content (AvgIpc) is 2.45. The van der Waals surface area contributed by atoms with Gasteiger partial charge in [-0.25, -0.2) is 4.79 Å². The summed E-state index contributed by atoms with van der Waals surface area (Å²) < 4.78 is 12.6. The quantitative estimate of drug-likeness (QED) is 0.692. The molecule has 0 aliphatic carbocycles. The maximum Gasteiger partial charge on any atom is 0.410 e. The molecule has 0 radical (unpaired) electrons. The first-order chi connectivity index (χ1) is 10.3. The lowest BCUT2D eigenvalue weighted by Crippen LogP contribution is -2.43. The van der Waals surface area contributed by atoms with Crippen LogP contribution in [0.5, 0.6) is 0 Å². The second-order valence-electron chi connectivity index (χ2n) is 6.60. The number of halogens is 1. The molecular weight excluding hydrogens is 393 g/mol. The van der Waals surface area contributed by atoms with Crippen LogP contribution in [0, 0.1) is 3.57 Å². The van der Waals surface area contributed by atoms with Gasteiger partial charge >= 0.3 is 6.09 Å². The van der Waals surface area contributed by atoms with Crippen molar-refractivity contribution in [3.63, 3.8) is 0 Å². The SMILES string of the molecule is CC(C)(C)OC(=O)N1CCC(OCc2ccc(I)cc2)CC1. The van der Waals surface area contributed by atoms with Crippen molar-refractivity contribution in [3.8, 4) is 0 Å². The van der Waals surface area contributed by atoms with Gasteiger partial charge < -0.3 is 14.4 Å². The first-order valence-corrected chi connectivity index (χ1v) is 8.75. The molecule has 1 heterocycles. The van der Waals surface area contributed by atoms with Crippen molar-refractivity contribution in [1.29, 1.82) is 0 Å².